The van der Waals surface area contributed by atoms with Crippen LogP contribution in [0.15, 0.2) is 53.4 Å². The van der Waals surface area contributed by atoms with Crippen molar-refractivity contribution in [1.82, 2.24) is 4.90 Å². The van der Waals surface area contributed by atoms with Crippen LogP contribution in [-0.2, 0) is 14.3 Å². The molecule has 3 rings (SSSR count). The van der Waals surface area contributed by atoms with Crippen LogP contribution in [0.5, 0.6) is 0 Å². The Morgan fingerprint density at radius 3 is 2.52 bits per heavy atom. The van der Waals surface area contributed by atoms with Crippen LogP contribution in [0.4, 0.5) is 10.5 Å². The minimum atomic E-state index is -0.531. The highest BCUT2D eigenvalue weighted by Gasteiger charge is 2.36. The van der Waals surface area contributed by atoms with Gasteiger partial charge in [-0.2, -0.15) is 0 Å². The first kappa shape index (κ1) is 20.3. The van der Waals surface area contributed by atoms with Gasteiger partial charge in [0, 0.05) is 5.69 Å². The molecule has 1 heterocycles. The van der Waals surface area contributed by atoms with Crippen LogP contribution in [0, 0.1) is 6.92 Å². The number of benzene rings is 2. The van der Waals surface area contributed by atoms with Crippen molar-refractivity contribution < 1.29 is 23.9 Å². The maximum Gasteiger partial charge on any atom is 0.337 e. The summed E-state index contributed by atoms with van der Waals surface area (Å²) in [5.41, 5.74) is 2.61. The van der Waals surface area contributed by atoms with E-state index in [2.05, 4.69) is 10.1 Å². The molecule has 0 atom stereocenters. The van der Waals surface area contributed by atoms with Crippen molar-refractivity contribution in [1.29, 1.82) is 0 Å². The summed E-state index contributed by atoms with van der Waals surface area (Å²) in [5.74, 6) is -1.45. The Morgan fingerprint density at radius 2 is 1.86 bits per heavy atom. The van der Waals surface area contributed by atoms with Crippen molar-refractivity contribution in [3.8, 4) is 0 Å². The second-order valence-electron chi connectivity index (χ2n) is 6.30. The lowest BCUT2D eigenvalue weighted by Crippen LogP contribution is -2.36. The van der Waals surface area contributed by atoms with E-state index in [0.717, 1.165) is 22.2 Å². The first-order chi connectivity index (χ1) is 13.9. The molecule has 0 bridgehead atoms. The van der Waals surface area contributed by atoms with Crippen LogP contribution >= 0.6 is 11.8 Å². The number of nitrogens with one attached hydrogen (secondary N) is 1. The number of hydrogen-bond donors (Lipinski definition) is 1. The van der Waals surface area contributed by atoms with Crippen LogP contribution < -0.4 is 5.32 Å². The van der Waals surface area contributed by atoms with Gasteiger partial charge in [0.25, 0.3) is 11.1 Å². The monoisotopic (exact) mass is 410 g/mol. The Balaban J connectivity index is 1.68. The lowest BCUT2D eigenvalue weighted by Gasteiger charge is -2.12. The van der Waals surface area contributed by atoms with Gasteiger partial charge in [0.2, 0.25) is 5.91 Å². The van der Waals surface area contributed by atoms with Crippen molar-refractivity contribution in [2.75, 3.05) is 19.0 Å². The average molecular weight is 410 g/mol. The molecule has 0 aliphatic carbocycles. The molecular weight excluding hydrogens is 392 g/mol. The maximum absolute atomic E-state index is 12.5. The zero-order valence-electron chi connectivity index (χ0n) is 15.8. The summed E-state index contributed by atoms with van der Waals surface area (Å²) in [6.45, 7) is 1.53. The van der Waals surface area contributed by atoms with Crippen LogP contribution in [0.2, 0.25) is 0 Å². The number of carbonyl (C=O) groups is 4. The number of amides is 3. The molecule has 1 fully saturated rings. The Bertz CT molecular complexity index is 1010. The average Bonchev–Trinajstić information content (AvgIpc) is 2.95. The number of imide groups is 1. The van der Waals surface area contributed by atoms with Crippen molar-refractivity contribution in [3.05, 3.63) is 70.1 Å². The molecule has 1 aliphatic heterocycles. The Hall–Kier alpha value is -3.39. The molecule has 29 heavy (non-hydrogen) atoms. The van der Waals surface area contributed by atoms with E-state index in [-0.39, 0.29) is 11.4 Å². The van der Waals surface area contributed by atoms with Crippen molar-refractivity contribution in [3.63, 3.8) is 0 Å². The highest BCUT2D eigenvalue weighted by Crippen LogP contribution is 2.32. The molecular formula is C21H18N2O5S. The molecule has 0 aromatic heterocycles. The second kappa shape index (κ2) is 8.74. The molecule has 148 valence electrons. The van der Waals surface area contributed by atoms with Crippen molar-refractivity contribution >= 4 is 46.5 Å². The topological polar surface area (TPSA) is 92.8 Å². The lowest BCUT2D eigenvalue weighted by atomic mass is 10.1. The number of rotatable bonds is 5. The van der Waals surface area contributed by atoms with Gasteiger partial charge in [-0.15, -0.1) is 0 Å². The minimum absolute atomic E-state index is 0.212. The largest absolute Gasteiger partial charge is 0.465 e. The number of esters is 1. The van der Waals surface area contributed by atoms with E-state index in [0.29, 0.717) is 16.8 Å². The molecule has 3 amide bonds. The number of methoxy groups -OCH3 is 1. The van der Waals surface area contributed by atoms with E-state index in [4.69, 9.17) is 0 Å². The molecule has 0 unspecified atom stereocenters. The molecule has 1 aliphatic rings. The first-order valence-corrected chi connectivity index (χ1v) is 9.49. The number of ether oxygens (including phenoxy) is 1. The van der Waals surface area contributed by atoms with Gasteiger partial charge in [-0.05, 0) is 60.2 Å². The third kappa shape index (κ3) is 4.91. The molecule has 1 saturated heterocycles. The van der Waals surface area contributed by atoms with Gasteiger partial charge in [0.05, 0.1) is 17.6 Å². The smallest absolute Gasteiger partial charge is 0.337 e. The van der Waals surface area contributed by atoms with E-state index in [9.17, 15) is 19.2 Å². The number of aryl methyl sites for hydroxylation is 1. The van der Waals surface area contributed by atoms with Gasteiger partial charge < -0.3 is 10.1 Å². The standard InChI is InChI=1S/C21H18N2O5S/c1-13-4-3-5-16(10-13)22-18(24)12-23-19(25)17(29-21(23)27)11-14-6-8-15(9-7-14)20(26)28-2/h3-11H,12H2,1-2H3,(H,22,24)/b17-11-. The number of thioether (sulfide) groups is 1. The Labute approximate surface area is 171 Å². The normalized spacial score (nSPS) is 15.0. The minimum Gasteiger partial charge on any atom is -0.465 e. The van der Waals surface area contributed by atoms with Crippen LogP contribution in [0.1, 0.15) is 21.5 Å². The zero-order valence-corrected chi connectivity index (χ0v) is 16.6. The molecule has 0 saturated carbocycles. The molecule has 8 heteroatoms. The summed E-state index contributed by atoms with van der Waals surface area (Å²) in [7, 11) is 1.29. The van der Waals surface area contributed by atoms with E-state index in [1.807, 2.05) is 13.0 Å². The molecule has 0 radical (unpaired) electrons. The van der Waals surface area contributed by atoms with Gasteiger partial charge >= 0.3 is 5.97 Å². The zero-order chi connectivity index (χ0) is 21.0. The van der Waals surface area contributed by atoms with E-state index in [1.54, 1.807) is 48.5 Å². The quantitative estimate of drug-likeness (QED) is 0.599. The number of hydrogen-bond acceptors (Lipinski definition) is 6. The van der Waals surface area contributed by atoms with Crippen LogP contribution in [-0.4, -0.2) is 41.6 Å². The fourth-order valence-electron chi connectivity index (χ4n) is 2.69. The van der Waals surface area contributed by atoms with E-state index < -0.39 is 23.0 Å². The number of anilines is 1. The van der Waals surface area contributed by atoms with Gasteiger partial charge in [-0.3, -0.25) is 19.3 Å². The third-order valence-electron chi connectivity index (χ3n) is 4.11. The molecule has 7 nitrogen and oxygen atoms in total. The maximum atomic E-state index is 12.5. The summed E-state index contributed by atoms with van der Waals surface area (Å²) in [5, 5.41) is 2.17. The Kier molecular flexibility index (Phi) is 6.13. The molecule has 0 spiro atoms. The van der Waals surface area contributed by atoms with Crippen LogP contribution in [0.3, 0.4) is 0 Å². The first-order valence-electron chi connectivity index (χ1n) is 8.67. The summed E-state index contributed by atoms with van der Waals surface area (Å²) in [6.07, 6.45) is 1.55. The molecule has 2 aromatic rings. The third-order valence-corrected chi connectivity index (χ3v) is 5.01. The predicted molar refractivity (Wildman–Crippen MR) is 110 cm³/mol. The van der Waals surface area contributed by atoms with E-state index >= 15 is 0 Å². The predicted octanol–water partition coefficient (Wildman–Crippen LogP) is 3.46. The summed E-state index contributed by atoms with van der Waals surface area (Å²) in [6, 6.07) is 13.7. The number of nitrogens with zero attached hydrogens (tertiary/aromatic N) is 1. The van der Waals surface area contributed by atoms with Crippen molar-refractivity contribution in [2.45, 2.75) is 6.92 Å². The lowest BCUT2D eigenvalue weighted by molar-refractivity contribution is -0.127. The summed E-state index contributed by atoms with van der Waals surface area (Å²) in [4.78, 5) is 49.6. The molecule has 1 N–H and O–H groups in total. The van der Waals surface area contributed by atoms with Gasteiger partial charge in [-0.1, -0.05) is 24.3 Å². The van der Waals surface area contributed by atoms with Crippen molar-refractivity contribution in [2.24, 2.45) is 0 Å². The van der Waals surface area contributed by atoms with Gasteiger partial charge in [0.1, 0.15) is 6.54 Å². The van der Waals surface area contributed by atoms with Gasteiger partial charge in [0.15, 0.2) is 0 Å². The SMILES string of the molecule is COC(=O)c1ccc(/C=C2\SC(=O)N(CC(=O)Nc3cccc(C)c3)C2=O)cc1. The highest BCUT2D eigenvalue weighted by atomic mass is 32.2. The van der Waals surface area contributed by atoms with E-state index in [1.165, 1.54) is 7.11 Å². The summed E-state index contributed by atoms with van der Waals surface area (Å²) < 4.78 is 4.64. The van der Waals surface area contributed by atoms with Gasteiger partial charge in [-0.25, -0.2) is 4.79 Å². The summed E-state index contributed by atoms with van der Waals surface area (Å²) >= 11 is 0.769. The van der Waals surface area contributed by atoms with Crippen LogP contribution in [0.25, 0.3) is 6.08 Å². The fourth-order valence-corrected chi connectivity index (χ4v) is 3.53. The Morgan fingerprint density at radius 1 is 1.14 bits per heavy atom. The highest BCUT2D eigenvalue weighted by molar-refractivity contribution is 8.18. The molecule has 2 aromatic carbocycles. The fraction of sp³-hybridized carbons (Fsp3) is 0.143. The number of carbonyl (C=O) groups excluding carboxylic acids is 4. The second-order valence-corrected chi connectivity index (χ2v) is 7.29.